The number of amides is 2. The van der Waals surface area contributed by atoms with Crippen molar-refractivity contribution in [1.82, 2.24) is 15.5 Å². The number of halogens is 1. The number of aromatic nitrogens is 2. The van der Waals surface area contributed by atoms with Gasteiger partial charge in [-0.05, 0) is 24.3 Å². The third kappa shape index (κ3) is 3.46. The second-order valence-electron chi connectivity index (χ2n) is 4.03. The number of rotatable bonds is 3. The van der Waals surface area contributed by atoms with Crippen LogP contribution in [0.15, 0.2) is 35.1 Å². The van der Waals surface area contributed by atoms with E-state index in [9.17, 15) is 14.4 Å². The molecular weight excluding hydrogens is 296 g/mol. The van der Waals surface area contributed by atoms with Crippen LogP contribution in [0.4, 0.5) is 5.69 Å². The van der Waals surface area contributed by atoms with Crippen LogP contribution in [0.2, 0.25) is 5.02 Å². The maximum Gasteiger partial charge on any atom is 0.276 e. The fourth-order valence-corrected chi connectivity index (χ4v) is 1.73. The van der Waals surface area contributed by atoms with E-state index in [1.54, 1.807) is 0 Å². The van der Waals surface area contributed by atoms with Gasteiger partial charge < -0.3 is 10.6 Å². The smallest absolute Gasteiger partial charge is 0.276 e. The fraction of sp³-hybridized carbons (Fsp3) is 0.0769. The molecule has 8 heteroatoms. The minimum Gasteiger partial charge on any atom is -0.355 e. The van der Waals surface area contributed by atoms with E-state index in [0.29, 0.717) is 5.56 Å². The highest BCUT2D eigenvalue weighted by Gasteiger charge is 2.12. The standard InChI is InChI=1S/C13H11ClN4O3/c1-15-12(20)7-2-3-8(14)10(6-7)16-13(21)9-4-5-11(19)18-17-9/h2-6H,1H3,(H,15,20)(H,16,21)(H,18,19). The first kappa shape index (κ1) is 14.7. The molecule has 21 heavy (non-hydrogen) atoms. The number of carbonyl (C=O) groups is 2. The summed E-state index contributed by atoms with van der Waals surface area (Å²) in [6, 6.07) is 6.96. The second kappa shape index (κ2) is 6.19. The Bertz CT molecular complexity index is 737. The first-order chi connectivity index (χ1) is 10.0. The molecular formula is C13H11ClN4O3. The molecule has 0 spiro atoms. The molecule has 0 fully saturated rings. The number of nitrogens with zero attached hydrogens (tertiary/aromatic N) is 1. The van der Waals surface area contributed by atoms with Crippen molar-refractivity contribution in [2.24, 2.45) is 0 Å². The van der Waals surface area contributed by atoms with Crippen molar-refractivity contribution in [2.75, 3.05) is 12.4 Å². The SMILES string of the molecule is CNC(=O)c1ccc(Cl)c(NC(=O)c2ccc(=O)[nH]n2)c1. The van der Waals surface area contributed by atoms with Gasteiger partial charge >= 0.3 is 0 Å². The zero-order valence-electron chi connectivity index (χ0n) is 10.9. The Morgan fingerprint density at radius 1 is 1.19 bits per heavy atom. The highest BCUT2D eigenvalue weighted by atomic mass is 35.5. The molecule has 0 saturated heterocycles. The molecule has 2 amide bonds. The van der Waals surface area contributed by atoms with Crippen molar-refractivity contribution in [3.05, 3.63) is 57.0 Å². The molecule has 3 N–H and O–H groups in total. The number of carbonyl (C=O) groups excluding carboxylic acids is 2. The molecule has 108 valence electrons. The third-order valence-electron chi connectivity index (χ3n) is 2.62. The predicted octanol–water partition coefficient (Wildman–Crippen LogP) is 1.04. The molecule has 0 aliphatic heterocycles. The van der Waals surface area contributed by atoms with Crippen LogP contribution < -0.4 is 16.2 Å². The summed E-state index contributed by atoms with van der Waals surface area (Å²) in [5.41, 5.74) is 0.240. The molecule has 1 aromatic heterocycles. The van der Waals surface area contributed by atoms with E-state index in [-0.39, 0.29) is 22.3 Å². The van der Waals surface area contributed by atoms with Gasteiger partial charge in [0.1, 0.15) is 5.69 Å². The quantitative estimate of drug-likeness (QED) is 0.788. The molecule has 1 aromatic carbocycles. The minimum absolute atomic E-state index is 0.0241. The maximum absolute atomic E-state index is 12.0. The van der Waals surface area contributed by atoms with Gasteiger partial charge in [-0.25, -0.2) is 5.10 Å². The molecule has 7 nitrogen and oxygen atoms in total. The van der Waals surface area contributed by atoms with E-state index < -0.39 is 11.5 Å². The van der Waals surface area contributed by atoms with E-state index >= 15 is 0 Å². The predicted molar refractivity (Wildman–Crippen MR) is 77.7 cm³/mol. The Labute approximate surface area is 124 Å². The van der Waals surface area contributed by atoms with Crippen LogP contribution >= 0.6 is 11.6 Å². The van der Waals surface area contributed by atoms with Crippen molar-refractivity contribution in [2.45, 2.75) is 0 Å². The van der Waals surface area contributed by atoms with Gasteiger partial charge in [-0.15, -0.1) is 0 Å². The lowest BCUT2D eigenvalue weighted by Crippen LogP contribution is -2.20. The summed E-state index contributed by atoms with van der Waals surface area (Å²) in [4.78, 5) is 34.4. The molecule has 2 aromatic rings. The fourth-order valence-electron chi connectivity index (χ4n) is 1.56. The highest BCUT2D eigenvalue weighted by Crippen LogP contribution is 2.23. The molecule has 0 atom stereocenters. The third-order valence-corrected chi connectivity index (χ3v) is 2.95. The van der Waals surface area contributed by atoms with E-state index in [0.717, 1.165) is 0 Å². The van der Waals surface area contributed by atoms with E-state index in [4.69, 9.17) is 11.6 Å². The Kier molecular flexibility index (Phi) is 4.34. The van der Waals surface area contributed by atoms with Gasteiger partial charge in [0.2, 0.25) is 0 Å². The second-order valence-corrected chi connectivity index (χ2v) is 4.44. The maximum atomic E-state index is 12.0. The van der Waals surface area contributed by atoms with Crippen LogP contribution in [-0.2, 0) is 0 Å². The van der Waals surface area contributed by atoms with E-state index in [1.165, 1.54) is 37.4 Å². The largest absolute Gasteiger partial charge is 0.355 e. The zero-order valence-corrected chi connectivity index (χ0v) is 11.7. The van der Waals surface area contributed by atoms with Crippen molar-refractivity contribution >= 4 is 29.1 Å². The minimum atomic E-state index is -0.554. The van der Waals surface area contributed by atoms with Gasteiger partial charge in [0, 0.05) is 18.7 Å². The average molecular weight is 307 g/mol. The monoisotopic (exact) mass is 306 g/mol. The van der Waals surface area contributed by atoms with Crippen LogP contribution in [0.3, 0.4) is 0 Å². The lowest BCUT2D eigenvalue weighted by Gasteiger charge is -2.08. The molecule has 0 bridgehead atoms. The normalized spacial score (nSPS) is 10.0. The first-order valence-electron chi connectivity index (χ1n) is 5.90. The summed E-state index contributed by atoms with van der Waals surface area (Å²) in [5.74, 6) is -0.855. The number of hydrogen-bond donors (Lipinski definition) is 3. The van der Waals surface area contributed by atoms with Gasteiger partial charge in [0.05, 0.1) is 10.7 Å². The Balaban J connectivity index is 2.26. The number of aromatic amines is 1. The molecule has 0 aliphatic carbocycles. The highest BCUT2D eigenvalue weighted by molar-refractivity contribution is 6.34. The Morgan fingerprint density at radius 2 is 1.95 bits per heavy atom. The van der Waals surface area contributed by atoms with E-state index in [2.05, 4.69) is 20.8 Å². The summed E-state index contributed by atoms with van der Waals surface area (Å²) in [6.07, 6.45) is 0. The molecule has 1 heterocycles. The Hall–Kier alpha value is -2.67. The summed E-state index contributed by atoms with van der Waals surface area (Å²) >= 11 is 5.98. The van der Waals surface area contributed by atoms with Crippen molar-refractivity contribution in [3.63, 3.8) is 0 Å². The average Bonchev–Trinajstić information content (AvgIpc) is 2.49. The summed E-state index contributed by atoms with van der Waals surface area (Å²) in [5, 5.41) is 11.0. The number of hydrogen-bond acceptors (Lipinski definition) is 4. The van der Waals surface area contributed by atoms with Crippen LogP contribution in [0.25, 0.3) is 0 Å². The first-order valence-corrected chi connectivity index (χ1v) is 6.28. The van der Waals surface area contributed by atoms with Crippen molar-refractivity contribution in [1.29, 1.82) is 0 Å². The molecule has 2 rings (SSSR count). The van der Waals surface area contributed by atoms with Crippen LogP contribution in [0, 0.1) is 0 Å². The Morgan fingerprint density at radius 3 is 2.57 bits per heavy atom. The van der Waals surface area contributed by atoms with Gasteiger partial charge in [-0.3, -0.25) is 14.4 Å². The summed E-state index contributed by atoms with van der Waals surface area (Å²) in [6.45, 7) is 0. The van der Waals surface area contributed by atoms with Crippen LogP contribution in [0.5, 0.6) is 0 Å². The topological polar surface area (TPSA) is 104 Å². The number of nitrogens with one attached hydrogen (secondary N) is 3. The summed E-state index contributed by atoms with van der Waals surface area (Å²) < 4.78 is 0. The van der Waals surface area contributed by atoms with Crippen LogP contribution in [-0.4, -0.2) is 29.1 Å². The van der Waals surface area contributed by atoms with Gasteiger partial charge in [-0.2, -0.15) is 5.10 Å². The van der Waals surface area contributed by atoms with Gasteiger partial charge in [0.15, 0.2) is 0 Å². The lowest BCUT2D eigenvalue weighted by molar-refractivity contribution is 0.0961. The van der Waals surface area contributed by atoms with Crippen molar-refractivity contribution < 1.29 is 9.59 Å². The number of anilines is 1. The molecule has 0 unspecified atom stereocenters. The van der Waals surface area contributed by atoms with Crippen molar-refractivity contribution in [3.8, 4) is 0 Å². The van der Waals surface area contributed by atoms with Crippen LogP contribution in [0.1, 0.15) is 20.8 Å². The number of H-pyrrole nitrogens is 1. The van der Waals surface area contributed by atoms with E-state index in [1.807, 2.05) is 0 Å². The zero-order chi connectivity index (χ0) is 15.4. The molecule has 0 aliphatic rings. The molecule has 0 radical (unpaired) electrons. The molecule has 0 saturated carbocycles. The lowest BCUT2D eigenvalue weighted by atomic mass is 10.2. The summed E-state index contributed by atoms with van der Waals surface area (Å²) in [7, 11) is 1.50. The van der Waals surface area contributed by atoms with Gasteiger partial charge in [-0.1, -0.05) is 11.6 Å². The van der Waals surface area contributed by atoms with Gasteiger partial charge in [0.25, 0.3) is 17.4 Å². The number of benzene rings is 1.